The van der Waals surface area contributed by atoms with E-state index in [9.17, 15) is 0 Å². The molecule has 1 aromatic heterocycles. The summed E-state index contributed by atoms with van der Waals surface area (Å²) in [4.78, 5) is 5.78. The predicted octanol–water partition coefficient (Wildman–Crippen LogP) is 3.48. The van der Waals surface area contributed by atoms with Gasteiger partial charge in [-0.15, -0.1) is 0 Å². The van der Waals surface area contributed by atoms with E-state index < -0.39 is 0 Å². The molecule has 0 bridgehead atoms. The second-order valence-corrected chi connectivity index (χ2v) is 6.64. The Morgan fingerprint density at radius 2 is 2.12 bits per heavy atom. The minimum atomic E-state index is 0.115. The van der Waals surface area contributed by atoms with Gasteiger partial charge in [0.25, 0.3) is 0 Å². The number of aromatic nitrogens is 1. The molecule has 0 aliphatic carbocycles. The zero-order chi connectivity index (χ0) is 17.0. The standard InChI is InChI=1S/C20H20N2O3/c1-22-8-7-12-9-16-19(25-11-24-16)20(23-2)17(12)18(22)14-10-21-15-6-4-3-5-13(14)15/h3-6,9-10,18,21H,7-8,11H2,1-2H3/t18-/m0/s1. The molecule has 5 heteroatoms. The van der Waals surface area contributed by atoms with E-state index in [0.29, 0.717) is 0 Å². The molecular formula is C20H20N2O3. The molecule has 2 aliphatic rings. The minimum Gasteiger partial charge on any atom is -0.492 e. The average molecular weight is 336 g/mol. The van der Waals surface area contributed by atoms with Gasteiger partial charge in [-0.3, -0.25) is 4.90 Å². The smallest absolute Gasteiger partial charge is 0.231 e. The van der Waals surface area contributed by atoms with Crippen LogP contribution in [0.5, 0.6) is 17.2 Å². The fourth-order valence-electron chi connectivity index (χ4n) is 4.15. The average Bonchev–Trinajstić information content (AvgIpc) is 3.26. The van der Waals surface area contributed by atoms with Crippen molar-refractivity contribution in [1.82, 2.24) is 9.88 Å². The van der Waals surface area contributed by atoms with Crippen molar-refractivity contribution in [2.45, 2.75) is 12.5 Å². The van der Waals surface area contributed by atoms with Gasteiger partial charge < -0.3 is 19.2 Å². The van der Waals surface area contributed by atoms with Crippen LogP contribution in [0.4, 0.5) is 0 Å². The van der Waals surface area contributed by atoms with E-state index in [1.54, 1.807) is 7.11 Å². The van der Waals surface area contributed by atoms with E-state index in [1.807, 2.05) is 0 Å². The maximum absolute atomic E-state index is 5.80. The van der Waals surface area contributed by atoms with Crippen molar-refractivity contribution >= 4 is 10.9 Å². The summed E-state index contributed by atoms with van der Waals surface area (Å²) in [6.07, 6.45) is 3.09. The van der Waals surface area contributed by atoms with Gasteiger partial charge in [-0.05, 0) is 36.7 Å². The highest BCUT2D eigenvalue weighted by Gasteiger charge is 2.35. The number of rotatable bonds is 2. The van der Waals surface area contributed by atoms with Crippen LogP contribution in [0.25, 0.3) is 10.9 Å². The number of aromatic amines is 1. The van der Waals surface area contributed by atoms with Gasteiger partial charge in [0.2, 0.25) is 12.5 Å². The number of nitrogens with zero attached hydrogens (tertiary/aromatic N) is 1. The Balaban J connectivity index is 1.77. The van der Waals surface area contributed by atoms with E-state index in [4.69, 9.17) is 14.2 Å². The van der Waals surface area contributed by atoms with Crippen molar-refractivity contribution in [1.29, 1.82) is 0 Å². The Morgan fingerprint density at radius 3 is 3.00 bits per heavy atom. The Morgan fingerprint density at radius 1 is 1.24 bits per heavy atom. The summed E-state index contributed by atoms with van der Waals surface area (Å²) in [6.45, 7) is 1.24. The molecule has 0 saturated heterocycles. The Bertz CT molecular complexity index is 963. The SMILES string of the molecule is COc1c2c(cc3c1[C@H](c1c[nH]c4ccccc14)N(C)CC3)OCO2. The van der Waals surface area contributed by atoms with Crippen molar-refractivity contribution in [2.24, 2.45) is 0 Å². The Kier molecular flexibility index (Phi) is 3.18. The molecule has 2 aliphatic heterocycles. The van der Waals surface area contributed by atoms with Gasteiger partial charge >= 0.3 is 0 Å². The molecule has 0 unspecified atom stereocenters. The zero-order valence-electron chi connectivity index (χ0n) is 14.3. The first-order valence-electron chi connectivity index (χ1n) is 8.53. The minimum absolute atomic E-state index is 0.115. The number of methoxy groups -OCH3 is 1. The lowest BCUT2D eigenvalue weighted by Crippen LogP contribution is -2.33. The first-order valence-corrected chi connectivity index (χ1v) is 8.53. The number of para-hydroxylation sites is 1. The fraction of sp³-hybridized carbons (Fsp3) is 0.300. The molecule has 0 fully saturated rings. The lowest BCUT2D eigenvalue weighted by Gasteiger charge is -2.35. The highest BCUT2D eigenvalue weighted by atomic mass is 16.7. The summed E-state index contributed by atoms with van der Waals surface area (Å²) >= 11 is 0. The summed E-state index contributed by atoms with van der Waals surface area (Å²) in [6, 6.07) is 10.7. The van der Waals surface area contributed by atoms with Crippen molar-refractivity contribution in [3.05, 3.63) is 53.2 Å². The number of ether oxygens (including phenoxy) is 3. The number of likely N-dealkylation sites (N-methyl/N-ethyl adjacent to an activating group) is 1. The van der Waals surface area contributed by atoms with Gasteiger partial charge in [-0.1, -0.05) is 18.2 Å². The quantitative estimate of drug-likeness (QED) is 0.778. The first kappa shape index (κ1) is 14.7. The summed E-state index contributed by atoms with van der Waals surface area (Å²) in [5, 5.41) is 1.24. The van der Waals surface area contributed by atoms with Crippen LogP contribution in [-0.4, -0.2) is 37.4 Å². The van der Waals surface area contributed by atoms with Crippen LogP contribution >= 0.6 is 0 Å². The topological polar surface area (TPSA) is 46.7 Å². The molecule has 3 heterocycles. The number of fused-ring (bicyclic) bond motifs is 3. The maximum Gasteiger partial charge on any atom is 0.231 e. The van der Waals surface area contributed by atoms with Gasteiger partial charge in [0.15, 0.2) is 11.5 Å². The molecule has 2 aromatic carbocycles. The van der Waals surface area contributed by atoms with Crippen LogP contribution in [0.1, 0.15) is 22.7 Å². The van der Waals surface area contributed by atoms with Crippen LogP contribution in [0.2, 0.25) is 0 Å². The third-order valence-electron chi connectivity index (χ3n) is 5.31. The highest BCUT2D eigenvalue weighted by Crippen LogP contribution is 2.51. The van der Waals surface area contributed by atoms with Crippen molar-refractivity contribution < 1.29 is 14.2 Å². The van der Waals surface area contributed by atoms with Crippen LogP contribution in [-0.2, 0) is 6.42 Å². The van der Waals surface area contributed by atoms with Gasteiger partial charge in [0, 0.05) is 29.2 Å². The van der Waals surface area contributed by atoms with Crippen molar-refractivity contribution in [3.63, 3.8) is 0 Å². The first-order chi connectivity index (χ1) is 12.3. The largest absolute Gasteiger partial charge is 0.492 e. The van der Waals surface area contributed by atoms with E-state index in [1.165, 1.54) is 22.1 Å². The van der Waals surface area contributed by atoms with Crippen LogP contribution in [0.15, 0.2) is 36.5 Å². The molecule has 3 aromatic rings. The molecule has 0 radical (unpaired) electrons. The van der Waals surface area contributed by atoms with E-state index >= 15 is 0 Å². The molecule has 5 nitrogen and oxygen atoms in total. The monoisotopic (exact) mass is 336 g/mol. The normalized spacial score (nSPS) is 19.2. The molecule has 1 atom stereocenters. The summed E-state index contributed by atoms with van der Waals surface area (Å²) in [5.74, 6) is 2.31. The predicted molar refractivity (Wildman–Crippen MR) is 95.6 cm³/mol. The zero-order valence-corrected chi connectivity index (χ0v) is 14.3. The van der Waals surface area contributed by atoms with Gasteiger partial charge in [0.05, 0.1) is 13.2 Å². The van der Waals surface area contributed by atoms with Gasteiger partial charge in [0.1, 0.15) is 0 Å². The van der Waals surface area contributed by atoms with E-state index in [2.05, 4.69) is 53.5 Å². The van der Waals surface area contributed by atoms with Crippen molar-refractivity contribution in [3.8, 4) is 17.2 Å². The number of benzene rings is 2. The third-order valence-corrected chi connectivity index (χ3v) is 5.31. The van der Waals surface area contributed by atoms with E-state index in [-0.39, 0.29) is 12.8 Å². The molecule has 128 valence electrons. The molecular weight excluding hydrogens is 316 g/mol. The third kappa shape index (κ3) is 2.05. The van der Waals surface area contributed by atoms with Crippen LogP contribution in [0, 0.1) is 0 Å². The maximum atomic E-state index is 5.80. The van der Waals surface area contributed by atoms with Gasteiger partial charge in [-0.25, -0.2) is 0 Å². The number of hydrogen-bond acceptors (Lipinski definition) is 4. The summed E-state index contributed by atoms with van der Waals surface area (Å²) in [7, 11) is 3.87. The van der Waals surface area contributed by atoms with Crippen LogP contribution in [0.3, 0.4) is 0 Å². The number of H-pyrrole nitrogens is 1. The summed E-state index contributed by atoms with van der Waals surface area (Å²) < 4.78 is 17.1. The molecule has 0 spiro atoms. The fourth-order valence-corrected chi connectivity index (χ4v) is 4.15. The molecule has 1 N–H and O–H groups in total. The molecule has 5 rings (SSSR count). The lowest BCUT2D eigenvalue weighted by molar-refractivity contribution is 0.171. The highest BCUT2D eigenvalue weighted by molar-refractivity contribution is 5.84. The lowest BCUT2D eigenvalue weighted by atomic mass is 9.87. The summed E-state index contributed by atoms with van der Waals surface area (Å²) in [5.41, 5.74) is 4.87. The van der Waals surface area contributed by atoms with Crippen LogP contribution < -0.4 is 14.2 Å². The Hall–Kier alpha value is -2.66. The van der Waals surface area contributed by atoms with E-state index in [0.717, 1.165) is 35.7 Å². The second kappa shape index (κ2) is 5.43. The second-order valence-electron chi connectivity index (χ2n) is 6.64. The van der Waals surface area contributed by atoms with Gasteiger partial charge in [-0.2, -0.15) is 0 Å². The number of nitrogens with one attached hydrogen (secondary N) is 1. The Labute approximate surface area is 146 Å². The molecule has 0 saturated carbocycles. The molecule has 0 amide bonds. The molecule has 25 heavy (non-hydrogen) atoms. The number of hydrogen-bond donors (Lipinski definition) is 1. The van der Waals surface area contributed by atoms with Crippen molar-refractivity contribution in [2.75, 3.05) is 27.5 Å².